The fourth-order valence-corrected chi connectivity index (χ4v) is 4.49. The van der Waals surface area contributed by atoms with Crippen molar-refractivity contribution in [3.8, 4) is 11.4 Å². The quantitative estimate of drug-likeness (QED) is 0.326. The molecule has 2 amide bonds. The Morgan fingerprint density at radius 2 is 1.82 bits per heavy atom. The number of carbonyl (C=O) groups excluding carboxylic acids is 2. The highest BCUT2D eigenvalue weighted by Crippen LogP contribution is 2.28. The maximum absolute atomic E-state index is 13.5. The van der Waals surface area contributed by atoms with E-state index in [0.717, 1.165) is 17.7 Å². The predicted molar refractivity (Wildman–Crippen MR) is 142 cm³/mol. The first kappa shape index (κ1) is 29.2. The van der Waals surface area contributed by atoms with Gasteiger partial charge in [-0.3, -0.25) is 19.9 Å². The van der Waals surface area contributed by atoms with E-state index < -0.39 is 12.3 Å². The van der Waals surface area contributed by atoms with Crippen LogP contribution in [0.4, 0.5) is 18.9 Å². The molecule has 3 aromatic rings. The number of nitrogens with one attached hydrogen (secondary N) is 2. The van der Waals surface area contributed by atoms with Crippen LogP contribution in [0, 0.1) is 12.7 Å². The molecule has 0 radical (unpaired) electrons. The van der Waals surface area contributed by atoms with Crippen molar-refractivity contribution in [2.45, 2.75) is 33.4 Å². The second-order valence-electron chi connectivity index (χ2n) is 9.41. The van der Waals surface area contributed by atoms with Gasteiger partial charge in [-0.05, 0) is 60.5 Å². The van der Waals surface area contributed by atoms with Crippen LogP contribution < -0.4 is 15.5 Å². The Morgan fingerprint density at radius 3 is 2.52 bits per heavy atom. The number of hydrogen-bond acceptors (Lipinski definition) is 8. The van der Waals surface area contributed by atoms with Gasteiger partial charge >= 0.3 is 6.43 Å². The van der Waals surface area contributed by atoms with Gasteiger partial charge in [-0.1, -0.05) is 18.1 Å². The number of carbonyl (C=O) groups is 2. The zero-order valence-corrected chi connectivity index (χ0v) is 22.6. The van der Waals surface area contributed by atoms with Gasteiger partial charge in [0.05, 0.1) is 13.1 Å². The lowest BCUT2D eigenvalue weighted by Gasteiger charge is -2.28. The Kier molecular flexibility index (Phi) is 9.50. The summed E-state index contributed by atoms with van der Waals surface area (Å²) in [7, 11) is 1.65. The molecule has 2 aromatic carbocycles. The number of benzene rings is 2. The predicted octanol–water partition coefficient (Wildman–Crippen LogP) is 3.04. The minimum atomic E-state index is -2.86. The maximum Gasteiger partial charge on any atom is 0.315 e. The van der Waals surface area contributed by atoms with E-state index in [9.17, 15) is 22.8 Å². The fraction of sp³-hybridized carbons (Fsp3) is 0.407. The Labute approximate surface area is 230 Å². The van der Waals surface area contributed by atoms with Crippen molar-refractivity contribution in [3.63, 3.8) is 0 Å². The lowest BCUT2D eigenvalue weighted by atomic mass is 10.1. The summed E-state index contributed by atoms with van der Waals surface area (Å²) in [6.07, 6.45) is -2.86. The number of hydrogen-bond donors (Lipinski definition) is 2. The zero-order valence-electron chi connectivity index (χ0n) is 22.6. The molecule has 13 heteroatoms. The number of alkyl halides is 2. The molecule has 0 aliphatic carbocycles. The summed E-state index contributed by atoms with van der Waals surface area (Å²) in [5.74, 6) is -1.51. The maximum atomic E-state index is 13.5. The normalized spacial score (nSPS) is 13.1. The molecule has 2 N–H and O–H groups in total. The molecule has 2 heterocycles. The highest BCUT2D eigenvalue weighted by molar-refractivity contribution is 5.96. The smallest absolute Gasteiger partial charge is 0.315 e. The third kappa shape index (κ3) is 6.84. The van der Waals surface area contributed by atoms with Gasteiger partial charge in [-0.2, -0.15) is 13.8 Å². The Bertz CT molecular complexity index is 1350. The van der Waals surface area contributed by atoms with Crippen LogP contribution in [0.15, 0.2) is 40.9 Å². The first-order valence-electron chi connectivity index (χ1n) is 12.9. The van der Waals surface area contributed by atoms with Gasteiger partial charge in [0.2, 0.25) is 11.7 Å². The second kappa shape index (κ2) is 13.0. The van der Waals surface area contributed by atoms with E-state index >= 15 is 0 Å². The average molecular weight is 560 g/mol. The molecular weight excluding hydrogens is 527 g/mol. The summed E-state index contributed by atoms with van der Waals surface area (Å²) < 4.78 is 43.8. The van der Waals surface area contributed by atoms with Crippen LogP contribution in [-0.2, 0) is 22.7 Å². The third-order valence-electron chi connectivity index (χ3n) is 6.65. The lowest BCUT2D eigenvalue weighted by Crippen LogP contribution is -2.47. The Hall–Kier alpha value is -3.81. The van der Waals surface area contributed by atoms with Crippen LogP contribution in [0.2, 0.25) is 0 Å². The highest BCUT2D eigenvalue weighted by atomic mass is 19.3. The molecular formula is C27H32F3N7O3. The van der Waals surface area contributed by atoms with Crippen molar-refractivity contribution in [1.82, 2.24) is 30.8 Å². The molecule has 0 unspecified atom stereocenters. The second-order valence-corrected chi connectivity index (χ2v) is 9.41. The first-order chi connectivity index (χ1) is 19.2. The van der Waals surface area contributed by atoms with E-state index in [4.69, 9.17) is 0 Å². The number of rotatable bonds is 12. The van der Waals surface area contributed by atoms with Crippen molar-refractivity contribution in [3.05, 3.63) is 64.8 Å². The first-order valence-corrected chi connectivity index (χ1v) is 12.9. The van der Waals surface area contributed by atoms with Gasteiger partial charge < -0.3 is 14.7 Å². The molecule has 1 aromatic heterocycles. The molecule has 0 bridgehead atoms. The summed E-state index contributed by atoms with van der Waals surface area (Å²) >= 11 is 0. The molecule has 0 spiro atoms. The minimum absolute atomic E-state index is 0.0333. The van der Waals surface area contributed by atoms with Gasteiger partial charge in [0, 0.05) is 44.5 Å². The number of likely N-dealkylation sites (N-methyl/N-ethyl adjacent to an activating group) is 2. The molecule has 0 fully saturated rings. The Morgan fingerprint density at radius 1 is 1.07 bits per heavy atom. The molecule has 10 nitrogen and oxygen atoms in total. The standard InChI is InChI=1S/C27H32F3N7O3/c1-4-31-9-10-37(22-8-6-18(11-17(22)2)26-33-27(25(29)30)40-34-26)24(39)14-32-13-23(38)35(3)36-15-19-5-7-21(28)12-20(19)16-36/h5-8,11-12,25,31-32H,4,9-10,13-16H2,1-3H3. The summed E-state index contributed by atoms with van der Waals surface area (Å²) in [4.78, 5) is 31.4. The van der Waals surface area contributed by atoms with Gasteiger partial charge in [-0.25, -0.2) is 9.40 Å². The summed E-state index contributed by atoms with van der Waals surface area (Å²) in [5.41, 5.74) is 3.64. The molecule has 40 heavy (non-hydrogen) atoms. The van der Waals surface area contributed by atoms with Crippen LogP contribution in [-0.4, -0.2) is 71.7 Å². The van der Waals surface area contributed by atoms with Crippen molar-refractivity contribution in [2.75, 3.05) is 44.7 Å². The van der Waals surface area contributed by atoms with Gasteiger partial charge in [0.15, 0.2) is 0 Å². The summed E-state index contributed by atoms with van der Waals surface area (Å²) in [5, 5.41) is 13.0. The van der Waals surface area contributed by atoms with E-state index in [2.05, 4.69) is 25.3 Å². The van der Waals surface area contributed by atoms with Crippen molar-refractivity contribution >= 4 is 17.5 Å². The number of fused-ring (bicyclic) bond motifs is 1. The van der Waals surface area contributed by atoms with Gasteiger partial charge in [-0.15, -0.1) is 0 Å². The Balaban J connectivity index is 1.37. The third-order valence-corrected chi connectivity index (χ3v) is 6.65. The van der Waals surface area contributed by atoms with Crippen molar-refractivity contribution in [1.29, 1.82) is 0 Å². The van der Waals surface area contributed by atoms with Crippen LogP contribution in [0.5, 0.6) is 0 Å². The number of nitrogens with zero attached hydrogens (tertiary/aromatic N) is 5. The van der Waals surface area contributed by atoms with Crippen molar-refractivity contribution in [2.24, 2.45) is 0 Å². The molecule has 0 saturated carbocycles. The molecule has 1 aliphatic heterocycles. The van der Waals surface area contributed by atoms with E-state index in [1.54, 1.807) is 43.1 Å². The zero-order chi connectivity index (χ0) is 28.8. The number of hydrazine groups is 1. The summed E-state index contributed by atoms with van der Waals surface area (Å²) in [6, 6.07) is 9.66. The SMILES string of the molecule is CCNCCN(C(=O)CNCC(=O)N(C)N1Cc2ccc(F)cc2C1)c1ccc(-c2noc(C(F)F)n2)cc1C. The molecule has 0 saturated heterocycles. The number of halogens is 3. The van der Waals surface area contributed by atoms with E-state index in [1.165, 1.54) is 17.1 Å². The fourth-order valence-electron chi connectivity index (χ4n) is 4.49. The number of aromatic nitrogens is 2. The van der Waals surface area contributed by atoms with E-state index in [0.29, 0.717) is 43.0 Å². The number of aryl methyl sites for hydroxylation is 1. The van der Waals surface area contributed by atoms with Crippen LogP contribution in [0.25, 0.3) is 11.4 Å². The molecule has 214 valence electrons. The molecule has 0 atom stereocenters. The number of amides is 2. The largest absolute Gasteiger partial charge is 0.333 e. The number of anilines is 1. The van der Waals surface area contributed by atoms with E-state index in [1.807, 2.05) is 11.9 Å². The van der Waals surface area contributed by atoms with Crippen molar-refractivity contribution < 1.29 is 27.3 Å². The lowest BCUT2D eigenvalue weighted by molar-refractivity contribution is -0.145. The topological polar surface area (TPSA) is 107 Å². The van der Waals surface area contributed by atoms with Gasteiger partial charge in [0.25, 0.3) is 11.8 Å². The molecule has 4 rings (SSSR count). The van der Waals surface area contributed by atoms with E-state index in [-0.39, 0.29) is 36.5 Å². The minimum Gasteiger partial charge on any atom is -0.333 e. The van der Waals surface area contributed by atoms with Gasteiger partial charge in [0.1, 0.15) is 5.82 Å². The van der Waals surface area contributed by atoms with Crippen LogP contribution >= 0.6 is 0 Å². The van der Waals surface area contributed by atoms with Crippen LogP contribution in [0.3, 0.4) is 0 Å². The molecule has 1 aliphatic rings. The highest BCUT2D eigenvalue weighted by Gasteiger charge is 2.26. The summed E-state index contributed by atoms with van der Waals surface area (Å²) in [6.45, 7) is 6.19. The van der Waals surface area contributed by atoms with Crippen LogP contribution in [0.1, 0.15) is 35.9 Å². The average Bonchev–Trinajstić information content (AvgIpc) is 3.58. The monoisotopic (exact) mass is 559 g/mol.